The molecule has 0 aliphatic carbocycles. The minimum Gasteiger partial charge on any atom is -0.208 e. The van der Waals surface area contributed by atoms with E-state index in [0.29, 0.717) is 17.5 Å². The molecule has 0 bridgehead atoms. The molecule has 0 N–H and O–H groups in total. The van der Waals surface area contributed by atoms with Crippen molar-refractivity contribution in [3.8, 4) is 67.5 Å². The second-order valence-electron chi connectivity index (χ2n) is 12.0. The van der Waals surface area contributed by atoms with Gasteiger partial charge in [0.05, 0.1) is 0 Å². The summed E-state index contributed by atoms with van der Waals surface area (Å²) in [5, 5.41) is 2.44. The van der Waals surface area contributed by atoms with Crippen LogP contribution in [0, 0.1) is 0 Å². The molecular weight excluding hydrogens is 615 g/mol. The minimum atomic E-state index is 0.652. The van der Waals surface area contributed by atoms with Crippen LogP contribution in [-0.2, 0) is 0 Å². The van der Waals surface area contributed by atoms with Crippen molar-refractivity contribution in [3.63, 3.8) is 0 Å². The Hall–Kier alpha value is -6.23. The van der Waals surface area contributed by atoms with Gasteiger partial charge in [0.1, 0.15) is 0 Å². The van der Waals surface area contributed by atoms with Gasteiger partial charge in [-0.15, -0.1) is 11.3 Å². The van der Waals surface area contributed by atoms with Crippen molar-refractivity contribution >= 4 is 31.5 Å². The highest BCUT2D eigenvalue weighted by Gasteiger charge is 2.18. The third-order valence-electron chi connectivity index (χ3n) is 8.96. The lowest BCUT2D eigenvalue weighted by molar-refractivity contribution is 1.08. The first-order chi connectivity index (χ1) is 24.3. The molecule has 2 aromatic heterocycles. The average molecular weight is 644 g/mol. The van der Waals surface area contributed by atoms with Crippen LogP contribution in [0.2, 0.25) is 0 Å². The lowest BCUT2D eigenvalue weighted by Crippen LogP contribution is -2.00. The molecule has 230 valence electrons. The Morgan fingerprint density at radius 2 is 0.714 bits per heavy atom. The van der Waals surface area contributed by atoms with Crippen LogP contribution in [0.5, 0.6) is 0 Å². The quantitative estimate of drug-likeness (QED) is 0.181. The summed E-state index contributed by atoms with van der Waals surface area (Å²) in [6.45, 7) is 0. The normalized spacial score (nSPS) is 11.3. The third kappa shape index (κ3) is 5.48. The summed E-state index contributed by atoms with van der Waals surface area (Å²) >= 11 is 1.81. The summed E-state index contributed by atoms with van der Waals surface area (Å²) in [4.78, 5) is 15.3. The molecular formula is C45H29N3S. The van der Waals surface area contributed by atoms with Crippen LogP contribution in [0.25, 0.3) is 87.7 Å². The topological polar surface area (TPSA) is 38.7 Å². The van der Waals surface area contributed by atoms with Crippen molar-refractivity contribution in [2.24, 2.45) is 0 Å². The number of aromatic nitrogens is 3. The molecule has 7 aromatic carbocycles. The average Bonchev–Trinajstić information content (AvgIpc) is 3.58. The Kier molecular flexibility index (Phi) is 7.34. The van der Waals surface area contributed by atoms with Crippen molar-refractivity contribution in [1.29, 1.82) is 0 Å². The molecule has 4 heteroatoms. The molecule has 0 fully saturated rings. The van der Waals surface area contributed by atoms with Crippen LogP contribution in [0.3, 0.4) is 0 Å². The van der Waals surface area contributed by atoms with Crippen molar-refractivity contribution in [1.82, 2.24) is 15.0 Å². The van der Waals surface area contributed by atoms with Crippen LogP contribution >= 0.6 is 11.3 Å². The van der Waals surface area contributed by atoms with Crippen LogP contribution in [-0.4, -0.2) is 15.0 Å². The molecule has 9 rings (SSSR count). The highest BCUT2D eigenvalue weighted by Crippen LogP contribution is 2.43. The first-order valence-electron chi connectivity index (χ1n) is 16.4. The molecule has 0 aliphatic rings. The van der Waals surface area contributed by atoms with Crippen molar-refractivity contribution in [2.45, 2.75) is 0 Å². The zero-order valence-electron chi connectivity index (χ0n) is 26.5. The zero-order valence-corrected chi connectivity index (χ0v) is 27.3. The summed E-state index contributed by atoms with van der Waals surface area (Å²) in [7, 11) is 0. The monoisotopic (exact) mass is 643 g/mol. The maximum Gasteiger partial charge on any atom is 0.165 e. The molecule has 0 saturated heterocycles. The molecule has 49 heavy (non-hydrogen) atoms. The van der Waals surface area contributed by atoms with E-state index in [4.69, 9.17) is 15.0 Å². The molecule has 0 aliphatic heterocycles. The highest BCUT2D eigenvalue weighted by atomic mass is 32.1. The van der Waals surface area contributed by atoms with E-state index in [0.717, 1.165) is 27.8 Å². The molecule has 3 nitrogen and oxygen atoms in total. The summed E-state index contributed by atoms with van der Waals surface area (Å²) in [5.41, 5.74) is 10.0. The van der Waals surface area contributed by atoms with Crippen LogP contribution in [0.4, 0.5) is 0 Å². The smallest absolute Gasteiger partial charge is 0.165 e. The molecule has 0 unspecified atom stereocenters. The first-order valence-corrected chi connectivity index (χ1v) is 17.2. The molecule has 0 amide bonds. The Morgan fingerprint density at radius 1 is 0.286 bits per heavy atom. The fraction of sp³-hybridized carbons (Fsp3) is 0. The predicted molar refractivity (Wildman–Crippen MR) is 205 cm³/mol. The van der Waals surface area contributed by atoms with E-state index in [1.165, 1.54) is 42.4 Å². The second kappa shape index (κ2) is 12.4. The highest BCUT2D eigenvalue weighted by molar-refractivity contribution is 7.26. The van der Waals surface area contributed by atoms with Gasteiger partial charge < -0.3 is 0 Å². The number of benzene rings is 7. The Balaban J connectivity index is 1.20. The van der Waals surface area contributed by atoms with E-state index in [9.17, 15) is 0 Å². The molecule has 0 atom stereocenters. The summed E-state index contributed by atoms with van der Waals surface area (Å²) < 4.78 is 2.42. The van der Waals surface area contributed by atoms with E-state index >= 15 is 0 Å². The Labute approximate surface area is 288 Å². The summed E-state index contributed by atoms with van der Waals surface area (Å²) in [5.74, 6) is 1.97. The number of hydrogen-bond donors (Lipinski definition) is 0. The Bertz CT molecular complexity index is 2580. The van der Waals surface area contributed by atoms with Gasteiger partial charge in [-0.25, -0.2) is 15.0 Å². The second-order valence-corrected chi connectivity index (χ2v) is 13.0. The number of thiophene rings is 1. The van der Waals surface area contributed by atoms with Gasteiger partial charge in [0, 0.05) is 36.9 Å². The first kappa shape index (κ1) is 29.0. The Morgan fingerprint density at radius 3 is 1.37 bits per heavy atom. The van der Waals surface area contributed by atoms with Gasteiger partial charge in [0.15, 0.2) is 17.5 Å². The SMILES string of the molecule is c1ccc(-c2ccc(-c3cccc4c3sc3c(-c5nc(-c6ccccc6)nc(-c6cccc(-c7ccccc7)c6)n5)cccc34)cc2)cc1. The largest absolute Gasteiger partial charge is 0.208 e. The van der Waals surface area contributed by atoms with E-state index in [1.54, 1.807) is 0 Å². The molecule has 2 heterocycles. The van der Waals surface area contributed by atoms with E-state index < -0.39 is 0 Å². The minimum absolute atomic E-state index is 0.652. The number of fused-ring (bicyclic) bond motifs is 3. The maximum absolute atomic E-state index is 5.16. The lowest BCUT2D eigenvalue weighted by Gasteiger charge is -2.10. The maximum atomic E-state index is 5.16. The van der Waals surface area contributed by atoms with Crippen LogP contribution < -0.4 is 0 Å². The van der Waals surface area contributed by atoms with Crippen LogP contribution in [0.1, 0.15) is 0 Å². The van der Waals surface area contributed by atoms with Crippen molar-refractivity contribution in [3.05, 3.63) is 176 Å². The number of nitrogens with zero attached hydrogens (tertiary/aromatic N) is 3. The van der Waals surface area contributed by atoms with Crippen molar-refractivity contribution in [2.75, 3.05) is 0 Å². The fourth-order valence-electron chi connectivity index (χ4n) is 6.51. The number of rotatable bonds is 6. The van der Waals surface area contributed by atoms with Crippen LogP contribution in [0.15, 0.2) is 176 Å². The van der Waals surface area contributed by atoms with Gasteiger partial charge in [0.2, 0.25) is 0 Å². The van der Waals surface area contributed by atoms with E-state index in [1.807, 2.05) is 35.6 Å². The number of hydrogen-bond acceptors (Lipinski definition) is 4. The third-order valence-corrected chi connectivity index (χ3v) is 10.3. The summed E-state index contributed by atoms with van der Waals surface area (Å²) in [6, 6.07) is 61.5. The molecule has 0 radical (unpaired) electrons. The van der Waals surface area contributed by atoms with Crippen molar-refractivity contribution < 1.29 is 0 Å². The fourth-order valence-corrected chi connectivity index (χ4v) is 7.85. The molecule has 0 saturated carbocycles. The van der Waals surface area contributed by atoms with Gasteiger partial charge >= 0.3 is 0 Å². The summed E-state index contributed by atoms with van der Waals surface area (Å²) in [6.07, 6.45) is 0. The molecule has 9 aromatic rings. The van der Waals surface area contributed by atoms with E-state index in [2.05, 4.69) is 152 Å². The van der Waals surface area contributed by atoms with E-state index in [-0.39, 0.29) is 0 Å². The van der Waals surface area contributed by atoms with Gasteiger partial charge in [-0.2, -0.15) is 0 Å². The predicted octanol–water partition coefficient (Wildman–Crippen LogP) is 12.2. The van der Waals surface area contributed by atoms with Gasteiger partial charge in [-0.05, 0) is 45.5 Å². The lowest BCUT2D eigenvalue weighted by atomic mass is 9.99. The molecule has 0 spiro atoms. The van der Waals surface area contributed by atoms with Gasteiger partial charge in [0.25, 0.3) is 0 Å². The standard InChI is InChI=1S/C45H29N3S/c1-4-13-30(14-5-1)32-25-27-33(28-26-32)37-21-11-22-38-39-23-12-24-40(42(39)49-41(37)38)45-47-43(34-17-8-3-9-18-34)46-44(48-45)36-20-10-19-35(29-36)31-15-6-2-7-16-31/h1-29H. The van der Waals surface area contributed by atoms with Gasteiger partial charge in [-0.1, -0.05) is 164 Å². The zero-order chi connectivity index (χ0) is 32.6. The van der Waals surface area contributed by atoms with Gasteiger partial charge in [-0.3, -0.25) is 0 Å².